The summed E-state index contributed by atoms with van der Waals surface area (Å²) in [6.45, 7) is 4.31. The van der Waals surface area contributed by atoms with Crippen LogP contribution in [0.5, 0.6) is 0 Å². The van der Waals surface area contributed by atoms with Crippen LogP contribution in [-0.4, -0.2) is 32.7 Å². The highest BCUT2D eigenvalue weighted by molar-refractivity contribution is 7.90. The molecule has 0 fully saturated rings. The average Bonchev–Trinajstić information content (AvgIpc) is 2.43. The minimum Gasteiger partial charge on any atom is -0.350 e. The van der Waals surface area contributed by atoms with Gasteiger partial charge < -0.3 is 11.1 Å². The third-order valence-electron chi connectivity index (χ3n) is 3.53. The molecule has 0 unspecified atom stereocenters. The molecule has 0 atom stereocenters. The number of sulfone groups is 1. The van der Waals surface area contributed by atoms with Crippen LogP contribution >= 0.6 is 12.4 Å². The lowest BCUT2D eigenvalue weighted by Gasteiger charge is -2.26. The third-order valence-corrected chi connectivity index (χ3v) is 4.64. The maximum absolute atomic E-state index is 12.0. The van der Waals surface area contributed by atoms with E-state index in [9.17, 15) is 13.2 Å². The van der Waals surface area contributed by atoms with Crippen LogP contribution < -0.4 is 11.1 Å². The van der Waals surface area contributed by atoms with Gasteiger partial charge in [0.2, 0.25) is 0 Å². The molecular weight excluding hydrogens is 312 g/mol. The number of nitrogens with two attached hydrogens (primary N) is 1. The van der Waals surface area contributed by atoms with E-state index in [0.29, 0.717) is 12.1 Å². The van der Waals surface area contributed by atoms with Gasteiger partial charge in [-0.2, -0.15) is 0 Å². The number of amides is 1. The summed E-state index contributed by atoms with van der Waals surface area (Å²) >= 11 is 0. The van der Waals surface area contributed by atoms with Gasteiger partial charge in [-0.05, 0) is 31.0 Å². The van der Waals surface area contributed by atoms with Gasteiger partial charge in [0.05, 0.1) is 4.90 Å². The van der Waals surface area contributed by atoms with Crippen molar-refractivity contribution in [2.45, 2.75) is 37.1 Å². The number of carbonyl (C=O) groups is 1. The normalized spacial score (nSPS) is 11.6. The molecule has 0 saturated heterocycles. The summed E-state index contributed by atoms with van der Waals surface area (Å²) in [5.41, 5.74) is 6.01. The first-order valence-corrected chi connectivity index (χ1v) is 8.48. The molecule has 7 heteroatoms. The first kappa shape index (κ1) is 19.9. The Hall–Kier alpha value is -1.11. The van der Waals surface area contributed by atoms with Crippen molar-refractivity contribution in [2.75, 3.05) is 12.8 Å². The summed E-state index contributed by atoms with van der Waals surface area (Å²) in [6, 6.07) is 5.99. The molecule has 0 aliphatic heterocycles. The molecule has 5 nitrogen and oxygen atoms in total. The van der Waals surface area contributed by atoms with Crippen molar-refractivity contribution < 1.29 is 13.2 Å². The maximum atomic E-state index is 12.0. The van der Waals surface area contributed by atoms with Crippen LogP contribution in [0.1, 0.15) is 37.0 Å². The lowest BCUT2D eigenvalue weighted by atomic mass is 9.94. The Morgan fingerprint density at radius 3 is 2.33 bits per heavy atom. The van der Waals surface area contributed by atoms with Crippen LogP contribution in [0.3, 0.4) is 0 Å². The van der Waals surface area contributed by atoms with Crippen molar-refractivity contribution in [2.24, 2.45) is 5.73 Å². The average molecular weight is 335 g/mol. The predicted molar refractivity (Wildman–Crippen MR) is 86.6 cm³/mol. The minimum atomic E-state index is -3.32. The van der Waals surface area contributed by atoms with E-state index < -0.39 is 15.4 Å². The van der Waals surface area contributed by atoms with Crippen molar-refractivity contribution in [1.29, 1.82) is 0 Å². The molecule has 0 saturated carbocycles. The van der Waals surface area contributed by atoms with Crippen LogP contribution in [0.4, 0.5) is 0 Å². The van der Waals surface area contributed by atoms with Crippen molar-refractivity contribution in [3.63, 3.8) is 0 Å². The van der Waals surface area contributed by atoms with Crippen LogP contribution in [-0.2, 0) is 9.84 Å². The lowest BCUT2D eigenvalue weighted by molar-refractivity contribution is 0.0942. The summed E-state index contributed by atoms with van der Waals surface area (Å²) in [5, 5.41) is 2.76. The molecule has 0 bridgehead atoms. The van der Waals surface area contributed by atoms with Gasteiger partial charge >= 0.3 is 0 Å². The van der Waals surface area contributed by atoms with Crippen LogP contribution in [0.25, 0.3) is 0 Å². The quantitative estimate of drug-likeness (QED) is 0.829. The molecule has 3 N–H and O–H groups in total. The van der Waals surface area contributed by atoms with Gasteiger partial charge in [-0.15, -0.1) is 12.4 Å². The van der Waals surface area contributed by atoms with Crippen LogP contribution in [0.15, 0.2) is 29.2 Å². The molecule has 1 amide bonds. The monoisotopic (exact) mass is 334 g/mol. The number of nitrogens with one attached hydrogen (secondary N) is 1. The Bertz CT molecular complexity index is 584. The highest BCUT2D eigenvalue weighted by atomic mass is 35.5. The van der Waals surface area contributed by atoms with E-state index in [1.807, 2.05) is 13.8 Å². The SMILES string of the molecule is CCC(N)(CC)CNC(=O)c1cccc(S(C)(=O)=O)c1.Cl. The van der Waals surface area contributed by atoms with E-state index >= 15 is 0 Å². The van der Waals surface area contributed by atoms with Gasteiger partial charge in [0.15, 0.2) is 9.84 Å². The Labute approximate surface area is 132 Å². The number of benzene rings is 1. The Balaban J connectivity index is 0.00000400. The number of hydrogen-bond acceptors (Lipinski definition) is 4. The molecule has 1 aromatic carbocycles. The Morgan fingerprint density at radius 1 is 1.29 bits per heavy atom. The van der Waals surface area contributed by atoms with E-state index in [-0.39, 0.29) is 23.2 Å². The summed E-state index contributed by atoms with van der Waals surface area (Å²) in [4.78, 5) is 12.2. The second kappa shape index (κ2) is 7.77. The first-order chi connectivity index (χ1) is 9.22. The zero-order chi connectivity index (χ0) is 15.4. The van der Waals surface area contributed by atoms with Gasteiger partial charge in [-0.3, -0.25) is 4.79 Å². The van der Waals surface area contributed by atoms with Gasteiger partial charge in [0, 0.05) is 23.9 Å². The van der Waals surface area contributed by atoms with E-state index in [1.54, 1.807) is 12.1 Å². The molecule has 0 aliphatic rings. The molecule has 0 spiro atoms. The maximum Gasteiger partial charge on any atom is 0.251 e. The molecular formula is C14H23ClN2O3S. The van der Waals surface area contributed by atoms with Gasteiger partial charge in [0.25, 0.3) is 5.91 Å². The van der Waals surface area contributed by atoms with E-state index in [1.165, 1.54) is 12.1 Å². The number of carbonyl (C=O) groups excluding carboxylic acids is 1. The molecule has 21 heavy (non-hydrogen) atoms. The fourth-order valence-electron chi connectivity index (χ4n) is 1.73. The van der Waals surface area contributed by atoms with Crippen molar-refractivity contribution in [1.82, 2.24) is 5.32 Å². The first-order valence-electron chi connectivity index (χ1n) is 6.59. The van der Waals surface area contributed by atoms with Gasteiger partial charge in [-0.1, -0.05) is 19.9 Å². The van der Waals surface area contributed by atoms with Crippen LogP contribution in [0.2, 0.25) is 0 Å². The highest BCUT2D eigenvalue weighted by Crippen LogP contribution is 2.13. The largest absolute Gasteiger partial charge is 0.350 e. The van der Waals surface area contributed by atoms with Crippen LogP contribution in [0, 0.1) is 0 Å². The molecule has 0 radical (unpaired) electrons. The van der Waals surface area contributed by atoms with Crippen molar-refractivity contribution in [3.05, 3.63) is 29.8 Å². The van der Waals surface area contributed by atoms with Crippen molar-refractivity contribution >= 4 is 28.2 Å². The smallest absolute Gasteiger partial charge is 0.251 e. The number of halogens is 1. The van der Waals surface area contributed by atoms with E-state index in [2.05, 4.69) is 5.32 Å². The highest BCUT2D eigenvalue weighted by Gasteiger charge is 2.21. The Kier molecular flexibility index (Phi) is 7.36. The number of hydrogen-bond donors (Lipinski definition) is 2. The second-order valence-electron chi connectivity index (χ2n) is 5.05. The zero-order valence-electron chi connectivity index (χ0n) is 12.5. The Morgan fingerprint density at radius 2 is 1.86 bits per heavy atom. The zero-order valence-corrected chi connectivity index (χ0v) is 14.2. The summed E-state index contributed by atoms with van der Waals surface area (Å²) in [7, 11) is -3.32. The summed E-state index contributed by atoms with van der Waals surface area (Å²) < 4.78 is 22.9. The fraction of sp³-hybridized carbons (Fsp3) is 0.500. The second-order valence-corrected chi connectivity index (χ2v) is 7.07. The van der Waals surface area contributed by atoms with Crippen molar-refractivity contribution in [3.8, 4) is 0 Å². The molecule has 0 aliphatic carbocycles. The van der Waals surface area contributed by atoms with E-state index in [0.717, 1.165) is 19.1 Å². The molecule has 0 aromatic heterocycles. The molecule has 120 valence electrons. The van der Waals surface area contributed by atoms with E-state index in [4.69, 9.17) is 5.73 Å². The van der Waals surface area contributed by atoms with Gasteiger partial charge in [-0.25, -0.2) is 8.42 Å². The predicted octanol–water partition coefficient (Wildman–Crippen LogP) is 1.76. The summed E-state index contributed by atoms with van der Waals surface area (Å²) in [5.74, 6) is -0.313. The minimum absolute atomic E-state index is 0. The standard InChI is InChI=1S/C14H22N2O3S.ClH/c1-4-14(15,5-2)10-16-13(17)11-7-6-8-12(9-11)20(3,18)19;/h6-9H,4-5,10,15H2,1-3H3,(H,16,17);1H. The molecule has 1 rings (SSSR count). The van der Waals surface area contributed by atoms with Gasteiger partial charge in [0.1, 0.15) is 0 Å². The third kappa shape index (κ3) is 5.65. The molecule has 1 aromatic rings. The molecule has 0 heterocycles. The lowest BCUT2D eigenvalue weighted by Crippen LogP contribution is -2.49. The number of rotatable bonds is 6. The topological polar surface area (TPSA) is 89.3 Å². The fourth-order valence-corrected chi connectivity index (χ4v) is 2.39. The summed E-state index contributed by atoms with van der Waals surface area (Å²) in [6.07, 6.45) is 2.63.